The number of rotatable bonds is 5. The van der Waals surface area contributed by atoms with Crippen molar-refractivity contribution in [2.75, 3.05) is 32.0 Å². The maximum absolute atomic E-state index is 12.2. The van der Waals surface area contributed by atoms with Crippen LogP contribution in [0.1, 0.15) is 12.8 Å². The Morgan fingerprint density at radius 1 is 1.32 bits per heavy atom. The van der Waals surface area contributed by atoms with Crippen molar-refractivity contribution in [3.63, 3.8) is 0 Å². The predicted molar refractivity (Wildman–Crippen MR) is 95.9 cm³/mol. The number of hydrogen-bond acceptors (Lipinski definition) is 3. The predicted octanol–water partition coefficient (Wildman–Crippen LogP) is 3.69. The zero-order valence-corrected chi connectivity index (χ0v) is 15.2. The largest absolute Gasteiger partial charge is 0.322 e. The molecule has 1 amide bonds. The second kappa shape index (κ2) is 9.16. The summed E-state index contributed by atoms with van der Waals surface area (Å²) in [5.74, 6) is -0.121. The molecule has 0 aliphatic carbocycles. The Morgan fingerprint density at radius 3 is 2.55 bits per heavy atom. The van der Waals surface area contributed by atoms with Crippen LogP contribution in [0.25, 0.3) is 0 Å². The third-order valence-corrected chi connectivity index (χ3v) is 4.37. The molecule has 1 aliphatic heterocycles. The molecule has 22 heavy (non-hydrogen) atoms. The summed E-state index contributed by atoms with van der Waals surface area (Å²) >= 11 is 18.0. The molecule has 1 heterocycles. The highest BCUT2D eigenvalue weighted by molar-refractivity contribution is 6.42. The average Bonchev–Trinajstić information content (AvgIpc) is 2.82. The van der Waals surface area contributed by atoms with Crippen molar-refractivity contribution < 1.29 is 4.79 Å². The Kier molecular flexibility index (Phi) is 8.25. The molecule has 1 aromatic carbocycles. The Bertz CT molecular complexity index is 504. The minimum absolute atomic E-state index is 0. The fraction of sp³-hybridized carbons (Fsp3) is 0.500. The molecule has 1 aliphatic rings. The summed E-state index contributed by atoms with van der Waals surface area (Å²) in [6, 6.07) is 3.52. The molecule has 0 aromatic heterocycles. The molecule has 124 valence electrons. The zero-order chi connectivity index (χ0) is 15.4. The highest BCUT2D eigenvalue weighted by Crippen LogP contribution is 2.33. The summed E-state index contributed by atoms with van der Waals surface area (Å²) < 4.78 is 0. The second-order valence-electron chi connectivity index (χ2n) is 5.12. The second-order valence-corrected chi connectivity index (χ2v) is 6.37. The minimum Gasteiger partial charge on any atom is -0.322 e. The third kappa shape index (κ3) is 5.15. The van der Waals surface area contributed by atoms with Crippen LogP contribution in [0.3, 0.4) is 0 Å². The number of nitrogens with one attached hydrogen (secondary N) is 2. The molecular formula is C14H19Cl4N3O. The van der Waals surface area contributed by atoms with Gasteiger partial charge < -0.3 is 10.6 Å². The fourth-order valence-electron chi connectivity index (χ4n) is 2.60. The minimum atomic E-state index is -0.121. The molecule has 1 atom stereocenters. The van der Waals surface area contributed by atoms with Crippen LogP contribution in [0, 0.1) is 0 Å². The van der Waals surface area contributed by atoms with Gasteiger partial charge in [0, 0.05) is 17.6 Å². The van der Waals surface area contributed by atoms with Gasteiger partial charge in [-0.3, -0.25) is 9.69 Å². The molecule has 0 spiro atoms. The molecule has 1 fully saturated rings. The van der Waals surface area contributed by atoms with Crippen LogP contribution in [-0.4, -0.2) is 43.5 Å². The Hall–Kier alpha value is -0.230. The number of carbonyl (C=O) groups is 1. The number of hydrogen-bond donors (Lipinski definition) is 2. The highest BCUT2D eigenvalue weighted by atomic mass is 35.5. The number of anilines is 1. The van der Waals surface area contributed by atoms with E-state index in [9.17, 15) is 4.79 Å². The summed E-state index contributed by atoms with van der Waals surface area (Å²) in [6.45, 7) is 2.15. The zero-order valence-electron chi connectivity index (χ0n) is 12.2. The molecule has 8 heteroatoms. The van der Waals surface area contributed by atoms with Gasteiger partial charge in [0.1, 0.15) is 0 Å². The van der Waals surface area contributed by atoms with Crippen LogP contribution in [0.5, 0.6) is 0 Å². The molecule has 0 bridgehead atoms. The molecular weight excluding hydrogens is 368 g/mol. The summed E-state index contributed by atoms with van der Waals surface area (Å²) in [4.78, 5) is 14.4. The van der Waals surface area contributed by atoms with E-state index >= 15 is 0 Å². The number of carbonyl (C=O) groups excluding carboxylic acids is 1. The van der Waals surface area contributed by atoms with Crippen LogP contribution in [0.15, 0.2) is 12.1 Å². The Labute approximate surface area is 151 Å². The van der Waals surface area contributed by atoms with Gasteiger partial charge in [0.15, 0.2) is 0 Å². The molecule has 2 rings (SSSR count). The van der Waals surface area contributed by atoms with Crippen molar-refractivity contribution in [2.45, 2.75) is 18.9 Å². The highest BCUT2D eigenvalue weighted by Gasteiger charge is 2.25. The van der Waals surface area contributed by atoms with Crippen molar-refractivity contribution in [1.29, 1.82) is 0 Å². The van der Waals surface area contributed by atoms with E-state index in [2.05, 4.69) is 15.5 Å². The first kappa shape index (κ1) is 19.8. The van der Waals surface area contributed by atoms with Crippen molar-refractivity contribution in [3.8, 4) is 0 Å². The van der Waals surface area contributed by atoms with Gasteiger partial charge in [0.25, 0.3) is 0 Å². The normalized spacial score (nSPS) is 18.1. The van der Waals surface area contributed by atoms with E-state index < -0.39 is 0 Å². The van der Waals surface area contributed by atoms with E-state index in [0.29, 0.717) is 33.3 Å². The van der Waals surface area contributed by atoms with E-state index in [1.165, 1.54) is 0 Å². The first-order valence-electron chi connectivity index (χ1n) is 6.84. The maximum Gasteiger partial charge on any atom is 0.238 e. The lowest BCUT2D eigenvalue weighted by Gasteiger charge is -2.23. The van der Waals surface area contributed by atoms with Crippen molar-refractivity contribution >= 4 is 58.8 Å². The van der Waals surface area contributed by atoms with Crippen LogP contribution in [-0.2, 0) is 4.79 Å². The molecule has 1 unspecified atom stereocenters. The van der Waals surface area contributed by atoms with Crippen molar-refractivity contribution in [2.24, 2.45) is 0 Å². The topological polar surface area (TPSA) is 44.4 Å². The number of amides is 1. The van der Waals surface area contributed by atoms with Gasteiger partial charge in [0.05, 0.1) is 22.3 Å². The molecule has 1 aromatic rings. The van der Waals surface area contributed by atoms with Gasteiger partial charge in [-0.15, -0.1) is 12.4 Å². The van der Waals surface area contributed by atoms with Gasteiger partial charge in [-0.2, -0.15) is 0 Å². The van der Waals surface area contributed by atoms with E-state index in [0.717, 1.165) is 25.9 Å². The lowest BCUT2D eigenvalue weighted by atomic mass is 10.2. The van der Waals surface area contributed by atoms with Crippen LogP contribution < -0.4 is 10.6 Å². The van der Waals surface area contributed by atoms with Crippen molar-refractivity contribution in [1.82, 2.24) is 10.2 Å². The Balaban J connectivity index is 0.00000242. The van der Waals surface area contributed by atoms with Crippen LogP contribution in [0.4, 0.5) is 5.69 Å². The third-order valence-electron chi connectivity index (χ3n) is 3.56. The smallest absolute Gasteiger partial charge is 0.238 e. The van der Waals surface area contributed by atoms with Gasteiger partial charge >= 0.3 is 0 Å². The number of likely N-dealkylation sites (tertiary alicyclic amines) is 1. The van der Waals surface area contributed by atoms with E-state index in [1.54, 1.807) is 12.1 Å². The standard InChI is InChI=1S/C14H18Cl3N3O.ClH/c1-18-7-10-3-2-4-20(10)8-13(21)19-14-11(16)5-9(15)6-12(14)17;/h5-6,10,18H,2-4,7-8H2,1H3,(H,19,21);1H. The average molecular weight is 387 g/mol. The maximum atomic E-state index is 12.2. The monoisotopic (exact) mass is 385 g/mol. The lowest BCUT2D eigenvalue weighted by Crippen LogP contribution is -2.41. The number of benzene rings is 1. The summed E-state index contributed by atoms with van der Waals surface area (Å²) in [5, 5.41) is 7.05. The van der Waals surface area contributed by atoms with E-state index in [-0.39, 0.29) is 18.3 Å². The summed E-state index contributed by atoms with van der Waals surface area (Å²) in [6.07, 6.45) is 2.22. The summed E-state index contributed by atoms with van der Waals surface area (Å²) in [5.41, 5.74) is 0.414. The van der Waals surface area contributed by atoms with Crippen LogP contribution >= 0.6 is 47.2 Å². The quantitative estimate of drug-likeness (QED) is 0.810. The van der Waals surface area contributed by atoms with E-state index in [4.69, 9.17) is 34.8 Å². The number of likely N-dealkylation sites (N-methyl/N-ethyl adjacent to an activating group) is 1. The van der Waals surface area contributed by atoms with Gasteiger partial charge in [0.2, 0.25) is 5.91 Å². The fourth-order valence-corrected chi connectivity index (χ4v) is 3.51. The lowest BCUT2D eigenvalue weighted by molar-refractivity contribution is -0.117. The molecule has 0 saturated carbocycles. The first-order chi connectivity index (χ1) is 10.0. The molecule has 2 N–H and O–H groups in total. The Morgan fingerprint density at radius 2 is 1.95 bits per heavy atom. The van der Waals surface area contributed by atoms with E-state index in [1.807, 2.05) is 7.05 Å². The number of nitrogens with zero attached hydrogens (tertiary/aromatic N) is 1. The molecule has 0 radical (unpaired) electrons. The molecule has 1 saturated heterocycles. The first-order valence-corrected chi connectivity index (χ1v) is 7.97. The van der Waals surface area contributed by atoms with Gasteiger partial charge in [-0.05, 0) is 38.6 Å². The SMILES string of the molecule is CNCC1CCCN1CC(=O)Nc1c(Cl)cc(Cl)cc1Cl.Cl. The van der Waals surface area contributed by atoms with Crippen molar-refractivity contribution in [3.05, 3.63) is 27.2 Å². The van der Waals surface area contributed by atoms with Gasteiger partial charge in [-0.25, -0.2) is 0 Å². The molecule has 4 nitrogen and oxygen atoms in total. The van der Waals surface area contributed by atoms with Crippen LogP contribution in [0.2, 0.25) is 15.1 Å². The van der Waals surface area contributed by atoms with Gasteiger partial charge in [-0.1, -0.05) is 34.8 Å². The number of halogens is 4. The summed E-state index contributed by atoms with van der Waals surface area (Å²) in [7, 11) is 1.92.